The van der Waals surface area contributed by atoms with E-state index in [2.05, 4.69) is 34.6 Å². The molecule has 0 spiro atoms. The van der Waals surface area contributed by atoms with Crippen molar-refractivity contribution in [2.75, 3.05) is 13.2 Å². The fraction of sp³-hybridized carbons (Fsp3) is 0.438. The normalized spacial score (nSPS) is 18.5. The molecular formula is C16H20N2O2. The van der Waals surface area contributed by atoms with Crippen LogP contribution in [0.1, 0.15) is 24.8 Å². The largest absolute Gasteiger partial charge is 0.376 e. The third-order valence-electron chi connectivity index (χ3n) is 3.81. The highest BCUT2D eigenvalue weighted by molar-refractivity contribution is 5.80. The number of aromatic amines is 1. The number of ether oxygens (including phenoxy) is 1. The van der Waals surface area contributed by atoms with Gasteiger partial charge in [-0.3, -0.25) is 4.79 Å². The smallest absolute Gasteiger partial charge is 0.220 e. The predicted octanol–water partition coefficient (Wildman–Crippen LogP) is 2.40. The van der Waals surface area contributed by atoms with Gasteiger partial charge in [-0.1, -0.05) is 6.07 Å². The van der Waals surface area contributed by atoms with E-state index in [0.29, 0.717) is 13.0 Å². The molecule has 2 aromatic rings. The zero-order valence-electron chi connectivity index (χ0n) is 11.5. The minimum Gasteiger partial charge on any atom is -0.376 e. The van der Waals surface area contributed by atoms with Crippen LogP contribution in [0, 0.1) is 0 Å². The van der Waals surface area contributed by atoms with Gasteiger partial charge in [0.05, 0.1) is 6.10 Å². The third kappa shape index (κ3) is 3.20. The van der Waals surface area contributed by atoms with Gasteiger partial charge in [-0.05, 0) is 48.4 Å². The van der Waals surface area contributed by atoms with Crippen molar-refractivity contribution >= 4 is 16.8 Å². The van der Waals surface area contributed by atoms with Crippen molar-refractivity contribution in [3.63, 3.8) is 0 Å². The molecule has 1 aromatic heterocycles. The van der Waals surface area contributed by atoms with Crippen molar-refractivity contribution < 1.29 is 9.53 Å². The van der Waals surface area contributed by atoms with Crippen molar-refractivity contribution in [2.45, 2.75) is 31.8 Å². The number of hydrogen-bond donors (Lipinski definition) is 2. The minimum absolute atomic E-state index is 0.106. The summed E-state index contributed by atoms with van der Waals surface area (Å²) in [7, 11) is 0. The lowest BCUT2D eigenvalue weighted by Crippen LogP contribution is -2.31. The van der Waals surface area contributed by atoms with E-state index in [9.17, 15) is 4.79 Å². The van der Waals surface area contributed by atoms with E-state index in [1.165, 1.54) is 10.9 Å². The second-order valence-electron chi connectivity index (χ2n) is 5.34. The van der Waals surface area contributed by atoms with Crippen LogP contribution in [0.4, 0.5) is 0 Å². The Morgan fingerprint density at radius 1 is 1.40 bits per heavy atom. The van der Waals surface area contributed by atoms with Crippen LogP contribution < -0.4 is 5.32 Å². The maximum atomic E-state index is 11.8. The van der Waals surface area contributed by atoms with Crippen LogP contribution >= 0.6 is 0 Å². The summed E-state index contributed by atoms with van der Waals surface area (Å²) in [4.78, 5) is 15.0. The topological polar surface area (TPSA) is 54.1 Å². The van der Waals surface area contributed by atoms with E-state index >= 15 is 0 Å². The monoisotopic (exact) mass is 272 g/mol. The Kier molecular flexibility index (Phi) is 4.02. The number of aryl methyl sites for hydroxylation is 1. The Morgan fingerprint density at radius 2 is 2.35 bits per heavy atom. The summed E-state index contributed by atoms with van der Waals surface area (Å²) in [6.45, 7) is 1.48. The second-order valence-corrected chi connectivity index (χ2v) is 5.34. The molecule has 0 bridgehead atoms. The molecule has 1 aliphatic rings. The molecule has 0 radical (unpaired) electrons. The number of carbonyl (C=O) groups excluding carboxylic acids is 1. The van der Waals surface area contributed by atoms with Gasteiger partial charge in [0.2, 0.25) is 5.91 Å². The number of nitrogens with one attached hydrogen (secondary N) is 2. The van der Waals surface area contributed by atoms with Crippen molar-refractivity contribution in [3.05, 3.63) is 36.0 Å². The molecule has 0 unspecified atom stereocenters. The zero-order chi connectivity index (χ0) is 13.8. The summed E-state index contributed by atoms with van der Waals surface area (Å²) in [5, 5.41) is 4.15. The van der Waals surface area contributed by atoms with Crippen LogP contribution in [-0.4, -0.2) is 30.1 Å². The quantitative estimate of drug-likeness (QED) is 0.878. The van der Waals surface area contributed by atoms with Crippen LogP contribution in [0.15, 0.2) is 30.5 Å². The highest BCUT2D eigenvalue weighted by Crippen LogP contribution is 2.15. The van der Waals surface area contributed by atoms with Crippen LogP contribution in [-0.2, 0) is 16.0 Å². The van der Waals surface area contributed by atoms with E-state index in [4.69, 9.17) is 4.74 Å². The number of aromatic nitrogens is 1. The maximum absolute atomic E-state index is 11.8. The molecule has 2 N–H and O–H groups in total. The molecular weight excluding hydrogens is 252 g/mol. The molecule has 4 nitrogen and oxygen atoms in total. The number of amides is 1. The first-order valence-corrected chi connectivity index (χ1v) is 7.25. The lowest BCUT2D eigenvalue weighted by atomic mass is 10.1. The van der Waals surface area contributed by atoms with Gasteiger partial charge in [0.1, 0.15) is 0 Å². The summed E-state index contributed by atoms with van der Waals surface area (Å²) in [5.41, 5.74) is 2.33. The molecule has 1 fully saturated rings. The molecule has 1 aromatic carbocycles. The van der Waals surface area contributed by atoms with Gasteiger partial charge in [-0.25, -0.2) is 0 Å². The molecule has 4 heteroatoms. The molecule has 0 aliphatic carbocycles. The molecule has 2 heterocycles. The molecule has 1 atom stereocenters. The van der Waals surface area contributed by atoms with Gasteiger partial charge in [-0.2, -0.15) is 0 Å². The highest BCUT2D eigenvalue weighted by atomic mass is 16.5. The van der Waals surface area contributed by atoms with Gasteiger partial charge in [0, 0.05) is 31.3 Å². The number of benzene rings is 1. The molecule has 1 saturated heterocycles. The van der Waals surface area contributed by atoms with Crippen molar-refractivity contribution in [1.29, 1.82) is 0 Å². The van der Waals surface area contributed by atoms with E-state index in [-0.39, 0.29) is 12.0 Å². The highest BCUT2D eigenvalue weighted by Gasteiger charge is 2.15. The van der Waals surface area contributed by atoms with E-state index < -0.39 is 0 Å². The minimum atomic E-state index is 0.106. The lowest BCUT2D eigenvalue weighted by molar-refractivity contribution is -0.121. The molecule has 1 amide bonds. The second kappa shape index (κ2) is 6.09. The first-order valence-electron chi connectivity index (χ1n) is 7.25. The van der Waals surface area contributed by atoms with E-state index in [1.807, 2.05) is 6.20 Å². The van der Waals surface area contributed by atoms with Crippen molar-refractivity contribution in [2.24, 2.45) is 0 Å². The van der Waals surface area contributed by atoms with Crippen molar-refractivity contribution in [3.8, 4) is 0 Å². The Hall–Kier alpha value is -1.81. The number of rotatable bonds is 5. The third-order valence-corrected chi connectivity index (χ3v) is 3.81. The zero-order valence-corrected chi connectivity index (χ0v) is 11.5. The average Bonchev–Trinajstić information content (AvgIpc) is 3.13. The van der Waals surface area contributed by atoms with Crippen LogP contribution in [0.25, 0.3) is 10.9 Å². The maximum Gasteiger partial charge on any atom is 0.220 e. The van der Waals surface area contributed by atoms with E-state index in [0.717, 1.165) is 31.4 Å². The molecule has 0 saturated carbocycles. The van der Waals surface area contributed by atoms with Gasteiger partial charge >= 0.3 is 0 Å². The molecule has 3 rings (SSSR count). The summed E-state index contributed by atoms with van der Waals surface area (Å²) < 4.78 is 5.49. The first-order chi connectivity index (χ1) is 9.81. The first kappa shape index (κ1) is 13.2. The molecule has 20 heavy (non-hydrogen) atoms. The number of fused-ring (bicyclic) bond motifs is 1. The molecule has 106 valence electrons. The van der Waals surface area contributed by atoms with Crippen LogP contribution in [0.2, 0.25) is 0 Å². The average molecular weight is 272 g/mol. The summed E-state index contributed by atoms with van der Waals surface area (Å²) >= 11 is 0. The Morgan fingerprint density at radius 3 is 3.20 bits per heavy atom. The summed E-state index contributed by atoms with van der Waals surface area (Å²) in [6, 6.07) is 8.33. The molecule has 1 aliphatic heterocycles. The Labute approximate surface area is 118 Å². The fourth-order valence-corrected chi connectivity index (χ4v) is 2.64. The lowest BCUT2D eigenvalue weighted by Gasteiger charge is -2.10. The standard InChI is InChI=1S/C16H20N2O2/c19-16(18-11-14-2-1-9-20-14)6-4-12-3-5-15-13(10-12)7-8-17-15/h3,5,7-8,10,14,17H,1-2,4,6,9,11H2,(H,18,19)/t14-/m0/s1. The van der Waals surface area contributed by atoms with E-state index in [1.54, 1.807) is 0 Å². The summed E-state index contributed by atoms with van der Waals surface area (Å²) in [6.07, 6.45) is 5.63. The SMILES string of the molecule is O=C(CCc1ccc2[nH]ccc2c1)NC[C@@H]1CCCO1. The van der Waals surface area contributed by atoms with Gasteiger partial charge < -0.3 is 15.0 Å². The van der Waals surface area contributed by atoms with Gasteiger partial charge in [-0.15, -0.1) is 0 Å². The van der Waals surface area contributed by atoms with Crippen LogP contribution in [0.3, 0.4) is 0 Å². The summed E-state index contributed by atoms with van der Waals surface area (Å²) in [5.74, 6) is 0.106. The predicted molar refractivity (Wildman–Crippen MR) is 78.6 cm³/mol. The Bertz CT molecular complexity index is 585. The number of hydrogen-bond acceptors (Lipinski definition) is 2. The number of carbonyl (C=O) groups is 1. The Balaban J connectivity index is 1.46. The van der Waals surface area contributed by atoms with Crippen LogP contribution in [0.5, 0.6) is 0 Å². The number of H-pyrrole nitrogens is 1. The fourth-order valence-electron chi connectivity index (χ4n) is 2.64. The van der Waals surface area contributed by atoms with Crippen molar-refractivity contribution in [1.82, 2.24) is 10.3 Å². The van der Waals surface area contributed by atoms with Gasteiger partial charge in [0.25, 0.3) is 0 Å². The van der Waals surface area contributed by atoms with Gasteiger partial charge in [0.15, 0.2) is 0 Å².